The monoisotopic (exact) mass is 363 g/mol. The number of hydrogen-bond donors (Lipinski definition) is 0. The zero-order chi connectivity index (χ0) is 16.7. The molecule has 1 aromatic carbocycles. The van der Waals surface area contributed by atoms with Crippen molar-refractivity contribution >= 4 is 27.4 Å². The average molecular weight is 364 g/mol. The van der Waals surface area contributed by atoms with Gasteiger partial charge in [-0.05, 0) is 31.0 Å². The molecule has 0 unspecified atom stereocenters. The minimum atomic E-state index is -3.70. The third-order valence-electron chi connectivity index (χ3n) is 4.18. The number of fused-ring (bicyclic) bond motifs is 1. The van der Waals surface area contributed by atoms with Crippen LogP contribution in [0.5, 0.6) is 0 Å². The Labute approximate surface area is 144 Å². The lowest BCUT2D eigenvalue weighted by atomic mass is 10.1. The molecule has 0 N–H and O–H groups in total. The van der Waals surface area contributed by atoms with E-state index in [9.17, 15) is 8.42 Å². The Balaban J connectivity index is 1.81. The minimum Gasteiger partial charge on any atom is -0.220 e. The van der Waals surface area contributed by atoms with E-state index in [-0.39, 0.29) is 16.0 Å². The van der Waals surface area contributed by atoms with Crippen molar-refractivity contribution in [2.24, 2.45) is 0 Å². The summed E-state index contributed by atoms with van der Waals surface area (Å²) in [6, 6.07) is 7.97. The normalized spacial score (nSPS) is 19.1. The smallest absolute Gasteiger partial charge is 0.220 e. The maximum absolute atomic E-state index is 13.1. The Morgan fingerprint density at radius 2 is 2.00 bits per heavy atom. The van der Waals surface area contributed by atoms with E-state index in [4.69, 9.17) is 11.6 Å². The van der Waals surface area contributed by atoms with Gasteiger partial charge in [0.05, 0.1) is 16.8 Å². The van der Waals surface area contributed by atoms with Crippen LogP contribution in [0, 0.1) is 0 Å². The minimum absolute atomic E-state index is 0.127. The molecular formula is C15H14ClN5O2S. The Morgan fingerprint density at radius 1 is 1.17 bits per heavy atom. The van der Waals surface area contributed by atoms with Gasteiger partial charge in [-0.15, -0.1) is 0 Å². The van der Waals surface area contributed by atoms with Gasteiger partial charge in [0.15, 0.2) is 0 Å². The third kappa shape index (κ3) is 2.38. The molecule has 0 aliphatic carbocycles. The molecule has 1 fully saturated rings. The lowest BCUT2D eigenvalue weighted by Crippen LogP contribution is -2.32. The maximum Gasteiger partial charge on any atom is 0.252 e. The molecule has 1 aliphatic heterocycles. The molecule has 0 radical (unpaired) electrons. The van der Waals surface area contributed by atoms with Crippen LogP contribution in [0.4, 0.5) is 0 Å². The van der Waals surface area contributed by atoms with Crippen molar-refractivity contribution < 1.29 is 8.42 Å². The van der Waals surface area contributed by atoms with Crippen LogP contribution in [0.15, 0.2) is 47.8 Å². The predicted octanol–water partition coefficient (Wildman–Crippen LogP) is 2.30. The fraction of sp³-hybridized carbons (Fsp3) is 0.267. The van der Waals surface area contributed by atoms with Gasteiger partial charge in [-0.3, -0.25) is 0 Å². The van der Waals surface area contributed by atoms with Crippen molar-refractivity contribution in [3.63, 3.8) is 0 Å². The molecule has 4 rings (SSSR count). The molecule has 3 aromatic rings. The lowest BCUT2D eigenvalue weighted by molar-refractivity contribution is 0.385. The summed E-state index contributed by atoms with van der Waals surface area (Å²) in [4.78, 5) is 8.32. The van der Waals surface area contributed by atoms with Crippen molar-refractivity contribution in [1.82, 2.24) is 23.9 Å². The number of halogens is 1. The first-order valence-corrected chi connectivity index (χ1v) is 9.32. The van der Waals surface area contributed by atoms with Crippen molar-refractivity contribution in [3.8, 4) is 0 Å². The predicted molar refractivity (Wildman–Crippen MR) is 88.1 cm³/mol. The molecule has 0 amide bonds. The Kier molecular flexibility index (Phi) is 3.75. The third-order valence-corrected chi connectivity index (χ3v) is 6.59. The summed E-state index contributed by atoms with van der Waals surface area (Å²) in [5.41, 5.74) is 0.755. The number of nitrogens with zero attached hydrogens (tertiary/aromatic N) is 5. The Hall–Kier alpha value is -2.03. The summed E-state index contributed by atoms with van der Waals surface area (Å²) in [5, 5.41) is 4.39. The van der Waals surface area contributed by atoms with Crippen molar-refractivity contribution in [1.29, 1.82) is 0 Å². The van der Waals surface area contributed by atoms with Gasteiger partial charge in [0.1, 0.15) is 11.2 Å². The van der Waals surface area contributed by atoms with Gasteiger partial charge < -0.3 is 0 Å². The second kappa shape index (κ2) is 5.80. The van der Waals surface area contributed by atoms with Crippen molar-refractivity contribution in [3.05, 3.63) is 53.6 Å². The van der Waals surface area contributed by atoms with E-state index < -0.39 is 10.0 Å². The van der Waals surface area contributed by atoms with E-state index in [1.807, 2.05) is 0 Å². The highest BCUT2D eigenvalue weighted by molar-refractivity contribution is 7.89. The molecule has 2 aromatic heterocycles. The van der Waals surface area contributed by atoms with Crippen LogP contribution < -0.4 is 0 Å². The summed E-state index contributed by atoms with van der Waals surface area (Å²) in [5.74, 6) is 0.453. The van der Waals surface area contributed by atoms with Crippen LogP contribution in [-0.4, -0.2) is 38.8 Å². The second-order valence-electron chi connectivity index (χ2n) is 5.55. The van der Waals surface area contributed by atoms with Crippen molar-refractivity contribution in [2.75, 3.05) is 6.54 Å². The van der Waals surface area contributed by atoms with Crippen LogP contribution in [0.1, 0.15) is 24.6 Å². The molecule has 124 valence electrons. The van der Waals surface area contributed by atoms with E-state index in [0.29, 0.717) is 18.7 Å². The number of hydrogen-bond acceptors (Lipinski definition) is 5. The van der Waals surface area contributed by atoms with E-state index >= 15 is 0 Å². The lowest BCUT2D eigenvalue weighted by Gasteiger charge is -2.24. The fourth-order valence-corrected chi connectivity index (χ4v) is 5.28. The zero-order valence-electron chi connectivity index (χ0n) is 12.6. The largest absolute Gasteiger partial charge is 0.252 e. The van der Waals surface area contributed by atoms with E-state index in [1.165, 1.54) is 16.7 Å². The van der Waals surface area contributed by atoms with E-state index in [0.717, 1.165) is 12.1 Å². The highest BCUT2D eigenvalue weighted by Gasteiger charge is 2.38. The van der Waals surface area contributed by atoms with Crippen LogP contribution in [0.3, 0.4) is 0 Å². The number of aromatic nitrogens is 4. The van der Waals surface area contributed by atoms with Crippen LogP contribution in [0.25, 0.3) is 5.78 Å². The number of benzene rings is 1. The van der Waals surface area contributed by atoms with Gasteiger partial charge >= 0.3 is 0 Å². The summed E-state index contributed by atoms with van der Waals surface area (Å²) in [6.07, 6.45) is 4.52. The summed E-state index contributed by atoms with van der Waals surface area (Å²) in [6.45, 7) is 0.441. The second-order valence-corrected chi connectivity index (χ2v) is 7.81. The highest BCUT2D eigenvalue weighted by atomic mass is 35.5. The van der Waals surface area contributed by atoms with Crippen molar-refractivity contribution in [2.45, 2.75) is 23.8 Å². The van der Waals surface area contributed by atoms with E-state index in [2.05, 4.69) is 15.1 Å². The SMILES string of the molecule is O=S(=O)(c1ccccc1Cl)N1CCC[C@H]1c1ccnc2ncnn12. The standard InChI is InChI=1S/C15H14ClN5O2S/c16-11-4-1-2-6-14(11)24(22,23)20-9-3-5-12(20)13-7-8-17-15-18-10-19-21(13)15/h1-2,4,6-8,10,12H,3,5,9H2/t12-/m0/s1. The summed E-state index contributed by atoms with van der Waals surface area (Å²) < 4.78 is 29.3. The topological polar surface area (TPSA) is 80.5 Å². The first-order valence-electron chi connectivity index (χ1n) is 7.50. The van der Waals surface area contributed by atoms with E-state index in [1.54, 1.807) is 35.0 Å². The molecule has 0 saturated carbocycles. The quantitative estimate of drug-likeness (QED) is 0.713. The molecule has 1 saturated heterocycles. The maximum atomic E-state index is 13.1. The van der Waals surface area contributed by atoms with Gasteiger partial charge in [0.25, 0.3) is 5.78 Å². The first-order chi connectivity index (χ1) is 11.6. The molecule has 3 heterocycles. The zero-order valence-corrected chi connectivity index (χ0v) is 14.2. The van der Waals surface area contributed by atoms with Crippen LogP contribution in [0.2, 0.25) is 5.02 Å². The number of sulfonamides is 1. The molecule has 1 atom stereocenters. The molecule has 0 spiro atoms. The molecular weight excluding hydrogens is 350 g/mol. The first kappa shape index (κ1) is 15.5. The van der Waals surface area contributed by atoms with Gasteiger partial charge in [-0.2, -0.15) is 18.9 Å². The molecule has 7 nitrogen and oxygen atoms in total. The summed E-state index contributed by atoms with van der Waals surface area (Å²) in [7, 11) is -3.70. The van der Waals surface area contributed by atoms with Crippen LogP contribution >= 0.6 is 11.6 Å². The van der Waals surface area contributed by atoms with Gasteiger partial charge in [0, 0.05) is 12.7 Å². The summed E-state index contributed by atoms with van der Waals surface area (Å²) >= 11 is 6.12. The van der Waals surface area contributed by atoms with Crippen LogP contribution in [-0.2, 0) is 10.0 Å². The van der Waals surface area contributed by atoms with Gasteiger partial charge in [0.2, 0.25) is 10.0 Å². The number of rotatable bonds is 3. The molecule has 24 heavy (non-hydrogen) atoms. The Bertz CT molecular complexity index is 1000. The highest BCUT2D eigenvalue weighted by Crippen LogP contribution is 2.37. The van der Waals surface area contributed by atoms with Gasteiger partial charge in [-0.1, -0.05) is 23.7 Å². The average Bonchev–Trinajstić information content (AvgIpc) is 3.24. The fourth-order valence-electron chi connectivity index (χ4n) is 3.11. The van der Waals surface area contributed by atoms with Gasteiger partial charge in [-0.25, -0.2) is 13.4 Å². The Morgan fingerprint density at radius 3 is 2.83 bits per heavy atom. The molecule has 0 bridgehead atoms. The molecule has 1 aliphatic rings. The molecule has 9 heteroatoms.